The van der Waals surface area contributed by atoms with Crippen molar-refractivity contribution in [3.8, 4) is 0 Å². The number of alkyl halides is 3. The van der Waals surface area contributed by atoms with Crippen LogP contribution in [0.3, 0.4) is 0 Å². The van der Waals surface area contributed by atoms with Crippen LogP contribution < -0.4 is 0 Å². The Morgan fingerprint density at radius 1 is 1.18 bits per heavy atom. The van der Waals surface area contributed by atoms with E-state index in [1.165, 1.54) is 6.07 Å². The highest BCUT2D eigenvalue weighted by Crippen LogP contribution is 2.34. The minimum Gasteiger partial charge on any atom is -0.378 e. The maximum Gasteiger partial charge on any atom is 0.417 e. The van der Waals surface area contributed by atoms with Crippen LogP contribution >= 0.6 is 0 Å². The van der Waals surface area contributed by atoms with Crippen molar-refractivity contribution in [1.82, 2.24) is 19.7 Å². The minimum atomic E-state index is -4.45. The summed E-state index contributed by atoms with van der Waals surface area (Å²) >= 11 is 0. The topological polar surface area (TPSA) is 75.2 Å². The standard InChI is InChI=1S/C22H29F3N4O4/c1-16-20(31)29(13-18-3-2-17(12-26-18)22(23,24)25)15-21(33-16)4-6-27(7-5-21)14-19(30)28-8-10-32-11-9-28/h2-3,12,16H,4-11,13-15H2,1H3. The van der Waals surface area contributed by atoms with E-state index >= 15 is 0 Å². The summed E-state index contributed by atoms with van der Waals surface area (Å²) < 4.78 is 49.8. The van der Waals surface area contributed by atoms with Gasteiger partial charge in [0.25, 0.3) is 5.91 Å². The van der Waals surface area contributed by atoms with Gasteiger partial charge in [-0.2, -0.15) is 13.2 Å². The molecule has 3 fully saturated rings. The van der Waals surface area contributed by atoms with Gasteiger partial charge in [0.2, 0.25) is 5.91 Å². The fourth-order valence-corrected chi connectivity index (χ4v) is 4.66. The number of hydrogen-bond acceptors (Lipinski definition) is 6. The first-order valence-corrected chi connectivity index (χ1v) is 11.2. The Kier molecular flexibility index (Phi) is 6.92. The Morgan fingerprint density at radius 2 is 1.88 bits per heavy atom. The third kappa shape index (κ3) is 5.64. The fourth-order valence-electron chi connectivity index (χ4n) is 4.66. The van der Waals surface area contributed by atoms with E-state index in [1.54, 1.807) is 11.8 Å². The van der Waals surface area contributed by atoms with Crippen molar-refractivity contribution >= 4 is 11.8 Å². The first-order valence-electron chi connectivity index (χ1n) is 11.2. The number of halogens is 3. The zero-order valence-electron chi connectivity index (χ0n) is 18.6. The third-order valence-corrected chi connectivity index (χ3v) is 6.56. The van der Waals surface area contributed by atoms with Gasteiger partial charge < -0.3 is 19.3 Å². The van der Waals surface area contributed by atoms with Crippen molar-refractivity contribution in [1.29, 1.82) is 0 Å². The van der Waals surface area contributed by atoms with Crippen molar-refractivity contribution < 1.29 is 32.2 Å². The van der Waals surface area contributed by atoms with Crippen LogP contribution in [0.25, 0.3) is 0 Å². The number of likely N-dealkylation sites (tertiary alicyclic amines) is 1. The molecule has 4 heterocycles. The van der Waals surface area contributed by atoms with Crippen LogP contribution in [0.2, 0.25) is 0 Å². The van der Waals surface area contributed by atoms with Crippen molar-refractivity contribution in [2.75, 3.05) is 52.5 Å². The molecule has 1 aromatic rings. The predicted octanol–water partition coefficient (Wildman–Crippen LogP) is 1.54. The number of pyridine rings is 1. The predicted molar refractivity (Wildman–Crippen MR) is 111 cm³/mol. The lowest BCUT2D eigenvalue weighted by atomic mass is 9.88. The average molecular weight is 470 g/mol. The van der Waals surface area contributed by atoms with Gasteiger partial charge in [-0.25, -0.2) is 0 Å². The van der Waals surface area contributed by atoms with Crippen molar-refractivity contribution in [2.24, 2.45) is 0 Å². The molecule has 8 nitrogen and oxygen atoms in total. The molecule has 4 rings (SSSR count). The largest absolute Gasteiger partial charge is 0.417 e. The molecular formula is C22H29F3N4O4. The quantitative estimate of drug-likeness (QED) is 0.665. The second-order valence-electron chi connectivity index (χ2n) is 8.94. The molecule has 3 saturated heterocycles. The number of carbonyl (C=O) groups is 2. The highest BCUT2D eigenvalue weighted by Gasteiger charge is 2.45. The molecule has 0 saturated carbocycles. The van der Waals surface area contributed by atoms with E-state index in [2.05, 4.69) is 9.88 Å². The number of amides is 2. The van der Waals surface area contributed by atoms with Crippen molar-refractivity contribution in [3.05, 3.63) is 29.6 Å². The van der Waals surface area contributed by atoms with E-state index < -0.39 is 23.4 Å². The van der Waals surface area contributed by atoms with Gasteiger partial charge >= 0.3 is 6.18 Å². The number of rotatable bonds is 4. The summed E-state index contributed by atoms with van der Waals surface area (Å²) in [6.07, 6.45) is -2.97. The maximum absolute atomic E-state index is 12.8. The average Bonchev–Trinajstić information content (AvgIpc) is 2.79. The summed E-state index contributed by atoms with van der Waals surface area (Å²) in [5.41, 5.74) is -0.949. The van der Waals surface area contributed by atoms with Crippen LogP contribution in [0.15, 0.2) is 18.3 Å². The normalized spacial score (nSPS) is 24.4. The van der Waals surface area contributed by atoms with Crippen LogP contribution in [-0.4, -0.2) is 95.7 Å². The van der Waals surface area contributed by atoms with E-state index in [0.29, 0.717) is 71.0 Å². The number of carbonyl (C=O) groups excluding carboxylic acids is 2. The molecule has 3 aliphatic rings. The van der Waals surface area contributed by atoms with Gasteiger partial charge in [-0.05, 0) is 31.9 Å². The molecule has 1 unspecified atom stereocenters. The van der Waals surface area contributed by atoms with Crippen molar-refractivity contribution in [3.63, 3.8) is 0 Å². The molecule has 0 aliphatic carbocycles. The van der Waals surface area contributed by atoms with Gasteiger partial charge in [0.05, 0.1) is 49.7 Å². The number of aromatic nitrogens is 1. The minimum absolute atomic E-state index is 0.0948. The molecule has 0 N–H and O–H groups in total. The molecule has 0 radical (unpaired) electrons. The van der Waals surface area contributed by atoms with E-state index in [9.17, 15) is 22.8 Å². The van der Waals surface area contributed by atoms with Crippen LogP contribution in [0.1, 0.15) is 31.0 Å². The Labute approximate surface area is 190 Å². The fraction of sp³-hybridized carbons (Fsp3) is 0.682. The Hall–Kier alpha value is -2.24. The molecule has 1 atom stereocenters. The lowest BCUT2D eigenvalue weighted by Gasteiger charge is -2.49. The van der Waals surface area contributed by atoms with Crippen LogP contribution in [-0.2, 0) is 31.8 Å². The highest BCUT2D eigenvalue weighted by atomic mass is 19.4. The van der Waals surface area contributed by atoms with Gasteiger partial charge in [-0.15, -0.1) is 0 Å². The molecule has 2 amide bonds. The van der Waals surface area contributed by atoms with Gasteiger partial charge in [0, 0.05) is 32.4 Å². The first kappa shape index (κ1) is 23.9. The molecule has 182 valence electrons. The van der Waals surface area contributed by atoms with E-state index in [1.807, 2.05) is 4.90 Å². The zero-order valence-corrected chi connectivity index (χ0v) is 18.6. The Balaban J connectivity index is 1.35. The monoisotopic (exact) mass is 470 g/mol. The van der Waals surface area contributed by atoms with Gasteiger partial charge in [-0.3, -0.25) is 19.5 Å². The SMILES string of the molecule is CC1OC2(CCN(CC(=O)N3CCOCC3)CC2)CN(Cc2ccc(C(F)(F)F)cn2)C1=O. The third-order valence-electron chi connectivity index (χ3n) is 6.56. The number of morpholine rings is 2. The summed E-state index contributed by atoms with van der Waals surface area (Å²) in [4.78, 5) is 34.7. The number of nitrogens with zero attached hydrogens (tertiary/aromatic N) is 4. The molecule has 0 bridgehead atoms. The second kappa shape index (κ2) is 9.55. The Morgan fingerprint density at radius 3 is 2.48 bits per heavy atom. The molecule has 0 aromatic carbocycles. The van der Waals surface area contributed by atoms with Gasteiger partial charge in [-0.1, -0.05) is 0 Å². The summed E-state index contributed by atoms with van der Waals surface area (Å²) in [6.45, 7) is 6.24. The highest BCUT2D eigenvalue weighted by molar-refractivity contribution is 5.81. The number of hydrogen-bond donors (Lipinski definition) is 0. The number of piperidine rings is 1. The first-order chi connectivity index (χ1) is 15.7. The zero-order chi connectivity index (χ0) is 23.6. The molecule has 1 aromatic heterocycles. The Bertz CT molecular complexity index is 850. The number of ether oxygens (including phenoxy) is 2. The summed E-state index contributed by atoms with van der Waals surface area (Å²) in [5.74, 6) is -0.107. The second-order valence-corrected chi connectivity index (χ2v) is 8.94. The van der Waals surface area contributed by atoms with E-state index in [-0.39, 0.29) is 18.4 Å². The molecule has 1 spiro atoms. The van der Waals surface area contributed by atoms with E-state index in [4.69, 9.17) is 9.47 Å². The van der Waals surface area contributed by atoms with Crippen LogP contribution in [0, 0.1) is 0 Å². The lowest BCUT2D eigenvalue weighted by molar-refractivity contribution is -0.191. The molecule has 3 aliphatic heterocycles. The molecular weight excluding hydrogens is 441 g/mol. The van der Waals surface area contributed by atoms with E-state index in [0.717, 1.165) is 12.3 Å². The van der Waals surface area contributed by atoms with Crippen LogP contribution in [0.4, 0.5) is 13.2 Å². The lowest BCUT2D eigenvalue weighted by Crippen LogP contribution is -2.61. The maximum atomic E-state index is 12.8. The smallest absolute Gasteiger partial charge is 0.378 e. The summed E-state index contributed by atoms with van der Waals surface area (Å²) in [6, 6.07) is 2.29. The molecule has 11 heteroatoms. The van der Waals surface area contributed by atoms with Crippen molar-refractivity contribution in [2.45, 2.75) is 44.2 Å². The summed E-state index contributed by atoms with van der Waals surface area (Å²) in [7, 11) is 0. The molecule has 33 heavy (non-hydrogen) atoms. The van der Waals surface area contributed by atoms with Crippen LogP contribution in [0.5, 0.6) is 0 Å². The summed E-state index contributed by atoms with van der Waals surface area (Å²) in [5, 5.41) is 0. The van der Waals surface area contributed by atoms with Gasteiger partial charge in [0.15, 0.2) is 0 Å². The van der Waals surface area contributed by atoms with Gasteiger partial charge in [0.1, 0.15) is 6.10 Å².